The molecule has 0 radical (unpaired) electrons. The Morgan fingerprint density at radius 2 is 1.79 bits per heavy atom. The van der Waals surface area contributed by atoms with E-state index >= 15 is 0 Å². The summed E-state index contributed by atoms with van der Waals surface area (Å²) < 4.78 is 13.9. The molecule has 0 bridgehead atoms. The van der Waals surface area contributed by atoms with Gasteiger partial charge in [-0.05, 0) is 30.3 Å². The van der Waals surface area contributed by atoms with Crippen molar-refractivity contribution in [2.24, 2.45) is 5.10 Å². The lowest BCUT2D eigenvalue weighted by molar-refractivity contribution is 0.0742. The SMILES string of the molecule is N#CC(C#N)=NNc1cc(Cl)ccc1N1CCN(C(=O)c2ccccc2F)CC1. The zero-order chi connectivity index (χ0) is 20.8. The van der Waals surface area contributed by atoms with Crippen molar-refractivity contribution in [3.05, 3.63) is 58.9 Å². The summed E-state index contributed by atoms with van der Waals surface area (Å²) in [5.41, 5.74) is 3.76. The molecule has 29 heavy (non-hydrogen) atoms. The van der Waals surface area contributed by atoms with Crippen molar-refractivity contribution in [1.29, 1.82) is 10.5 Å². The maximum Gasteiger partial charge on any atom is 0.256 e. The molecule has 1 heterocycles. The Morgan fingerprint density at radius 3 is 2.45 bits per heavy atom. The number of amides is 1. The first-order valence-corrected chi connectivity index (χ1v) is 9.13. The molecule has 2 aromatic rings. The minimum atomic E-state index is -0.534. The Morgan fingerprint density at radius 1 is 1.10 bits per heavy atom. The van der Waals surface area contributed by atoms with Crippen molar-refractivity contribution in [2.45, 2.75) is 0 Å². The summed E-state index contributed by atoms with van der Waals surface area (Å²) in [6.45, 7) is 1.87. The normalized spacial score (nSPS) is 13.2. The molecule has 3 rings (SSSR count). The van der Waals surface area contributed by atoms with E-state index in [1.807, 2.05) is 4.90 Å². The molecular formula is C20H16ClFN6O. The topological polar surface area (TPSA) is 95.5 Å². The first-order chi connectivity index (χ1) is 14.0. The van der Waals surface area contributed by atoms with Gasteiger partial charge >= 0.3 is 0 Å². The van der Waals surface area contributed by atoms with Crippen LogP contribution < -0.4 is 10.3 Å². The summed E-state index contributed by atoms with van der Waals surface area (Å²) in [6.07, 6.45) is 0. The van der Waals surface area contributed by atoms with E-state index in [-0.39, 0.29) is 17.2 Å². The van der Waals surface area contributed by atoms with Gasteiger partial charge in [-0.2, -0.15) is 15.6 Å². The van der Waals surface area contributed by atoms with Gasteiger partial charge in [0, 0.05) is 31.2 Å². The van der Waals surface area contributed by atoms with Crippen LogP contribution in [-0.2, 0) is 0 Å². The quantitative estimate of drug-likeness (QED) is 0.616. The van der Waals surface area contributed by atoms with Crippen molar-refractivity contribution >= 4 is 34.6 Å². The molecular weight excluding hydrogens is 395 g/mol. The van der Waals surface area contributed by atoms with Gasteiger partial charge in [0.15, 0.2) is 0 Å². The summed E-state index contributed by atoms with van der Waals surface area (Å²) in [5.74, 6) is -0.873. The zero-order valence-corrected chi connectivity index (χ0v) is 16.0. The second-order valence-corrected chi connectivity index (χ2v) is 6.65. The van der Waals surface area contributed by atoms with Gasteiger partial charge in [-0.1, -0.05) is 23.7 Å². The van der Waals surface area contributed by atoms with Gasteiger partial charge in [-0.3, -0.25) is 10.2 Å². The van der Waals surface area contributed by atoms with Gasteiger partial charge < -0.3 is 9.80 Å². The van der Waals surface area contributed by atoms with Gasteiger partial charge in [0.2, 0.25) is 5.71 Å². The third-order valence-electron chi connectivity index (χ3n) is 4.47. The molecule has 9 heteroatoms. The summed E-state index contributed by atoms with van der Waals surface area (Å²) in [4.78, 5) is 16.2. The maximum atomic E-state index is 13.9. The standard InChI is InChI=1S/C20H16ClFN6O/c21-14-5-6-19(18(11-14)26-25-15(12-23)13-24)27-7-9-28(10-8-27)20(29)16-3-1-2-4-17(16)22/h1-6,11,26H,7-10H2. The first-order valence-electron chi connectivity index (χ1n) is 8.75. The molecule has 1 fully saturated rings. The Balaban J connectivity index is 1.73. The Hall–Kier alpha value is -3.62. The van der Waals surface area contributed by atoms with Gasteiger partial charge in [0.1, 0.15) is 18.0 Å². The van der Waals surface area contributed by atoms with Gasteiger partial charge in [-0.25, -0.2) is 4.39 Å². The molecule has 0 spiro atoms. The summed E-state index contributed by atoms with van der Waals surface area (Å²) in [6, 6.07) is 14.4. The highest BCUT2D eigenvalue weighted by molar-refractivity contribution is 6.31. The second-order valence-electron chi connectivity index (χ2n) is 6.22. The number of halogens is 2. The molecule has 0 saturated carbocycles. The predicted octanol–water partition coefficient (Wildman–Crippen LogP) is 3.26. The van der Waals surface area contributed by atoms with Gasteiger partial charge in [0.05, 0.1) is 16.9 Å². The van der Waals surface area contributed by atoms with E-state index in [1.54, 1.807) is 47.4 Å². The van der Waals surface area contributed by atoms with E-state index in [1.165, 1.54) is 12.1 Å². The average Bonchev–Trinajstić information content (AvgIpc) is 2.75. The number of nitriles is 2. The van der Waals surface area contributed by atoms with Gasteiger partial charge in [0.25, 0.3) is 5.91 Å². The highest BCUT2D eigenvalue weighted by atomic mass is 35.5. The van der Waals surface area contributed by atoms with Crippen LogP contribution in [0.1, 0.15) is 10.4 Å². The maximum absolute atomic E-state index is 13.9. The fraction of sp³-hybridized carbons (Fsp3) is 0.200. The number of anilines is 2. The van der Waals surface area contributed by atoms with Crippen molar-refractivity contribution in [3.63, 3.8) is 0 Å². The number of nitrogens with zero attached hydrogens (tertiary/aromatic N) is 5. The monoisotopic (exact) mass is 410 g/mol. The number of hydrogen-bond donors (Lipinski definition) is 1. The minimum Gasteiger partial charge on any atom is -0.366 e. The average molecular weight is 411 g/mol. The number of carbonyl (C=O) groups excluding carboxylic acids is 1. The van der Waals surface area contributed by atoms with Crippen molar-refractivity contribution in [2.75, 3.05) is 36.5 Å². The van der Waals surface area contributed by atoms with Gasteiger partial charge in [-0.15, -0.1) is 0 Å². The smallest absolute Gasteiger partial charge is 0.256 e. The van der Waals surface area contributed by atoms with Crippen LogP contribution in [0.15, 0.2) is 47.6 Å². The largest absolute Gasteiger partial charge is 0.366 e. The molecule has 1 amide bonds. The molecule has 146 valence electrons. The van der Waals surface area contributed by atoms with E-state index in [4.69, 9.17) is 22.1 Å². The molecule has 7 nitrogen and oxygen atoms in total. The van der Waals surface area contributed by atoms with Crippen LogP contribution >= 0.6 is 11.6 Å². The first kappa shape index (κ1) is 20.1. The van der Waals surface area contributed by atoms with Crippen LogP contribution in [0.4, 0.5) is 15.8 Å². The number of piperazine rings is 1. The Kier molecular flexibility index (Phi) is 6.28. The van der Waals surface area contributed by atoms with Crippen molar-refractivity contribution in [3.8, 4) is 12.1 Å². The molecule has 2 aromatic carbocycles. The molecule has 1 saturated heterocycles. The summed E-state index contributed by atoms with van der Waals surface area (Å²) >= 11 is 6.06. The lowest BCUT2D eigenvalue weighted by Crippen LogP contribution is -2.49. The molecule has 1 aliphatic heterocycles. The number of nitrogens with one attached hydrogen (secondary N) is 1. The predicted molar refractivity (Wildman–Crippen MR) is 108 cm³/mol. The molecule has 1 N–H and O–H groups in total. The zero-order valence-electron chi connectivity index (χ0n) is 15.3. The van der Waals surface area contributed by atoms with Crippen LogP contribution in [0.3, 0.4) is 0 Å². The van der Waals surface area contributed by atoms with E-state index in [0.29, 0.717) is 36.9 Å². The fourth-order valence-electron chi connectivity index (χ4n) is 3.02. The lowest BCUT2D eigenvalue weighted by Gasteiger charge is -2.37. The Labute approximate surface area is 172 Å². The molecule has 0 aliphatic carbocycles. The summed E-state index contributed by atoms with van der Waals surface area (Å²) in [5, 5.41) is 21.9. The molecule has 0 unspecified atom stereocenters. The van der Waals surface area contributed by atoms with Crippen molar-refractivity contribution < 1.29 is 9.18 Å². The highest BCUT2D eigenvalue weighted by Gasteiger charge is 2.25. The van der Waals surface area contributed by atoms with Crippen LogP contribution in [0.2, 0.25) is 5.02 Å². The van der Waals surface area contributed by atoms with E-state index in [0.717, 1.165) is 5.69 Å². The van der Waals surface area contributed by atoms with E-state index in [2.05, 4.69) is 10.5 Å². The number of benzene rings is 2. The fourth-order valence-corrected chi connectivity index (χ4v) is 3.19. The van der Waals surface area contributed by atoms with E-state index < -0.39 is 5.82 Å². The lowest BCUT2D eigenvalue weighted by atomic mass is 10.1. The van der Waals surface area contributed by atoms with Crippen LogP contribution in [-0.4, -0.2) is 42.7 Å². The number of hydrogen-bond acceptors (Lipinski definition) is 6. The van der Waals surface area contributed by atoms with Crippen molar-refractivity contribution in [1.82, 2.24) is 4.90 Å². The number of carbonyl (C=O) groups is 1. The Bertz CT molecular complexity index is 1020. The van der Waals surface area contributed by atoms with Crippen LogP contribution in [0.5, 0.6) is 0 Å². The van der Waals surface area contributed by atoms with Crippen LogP contribution in [0, 0.1) is 28.5 Å². The third kappa shape index (κ3) is 4.63. The van der Waals surface area contributed by atoms with Crippen LogP contribution in [0.25, 0.3) is 0 Å². The molecule has 1 aliphatic rings. The molecule has 0 atom stereocenters. The molecule has 0 aromatic heterocycles. The third-order valence-corrected chi connectivity index (χ3v) is 4.71. The number of rotatable bonds is 4. The number of hydrazone groups is 1. The second kappa shape index (κ2) is 9.05. The summed E-state index contributed by atoms with van der Waals surface area (Å²) in [7, 11) is 0. The minimum absolute atomic E-state index is 0.0599. The van der Waals surface area contributed by atoms with E-state index in [9.17, 15) is 9.18 Å². The highest BCUT2D eigenvalue weighted by Crippen LogP contribution is 2.30.